The van der Waals surface area contributed by atoms with Crippen LogP contribution in [0.3, 0.4) is 0 Å². The Kier molecular flexibility index (Phi) is 5.63. The molecule has 172 valence electrons. The molecular weight excluding hydrogens is 433 g/mol. The molecule has 1 atom stereocenters. The number of benzene rings is 3. The Bertz CT molecular complexity index is 1390. The van der Waals surface area contributed by atoms with Gasteiger partial charge in [0, 0.05) is 35.3 Å². The summed E-state index contributed by atoms with van der Waals surface area (Å²) >= 11 is 0. The van der Waals surface area contributed by atoms with Gasteiger partial charge >= 0.3 is 0 Å². The summed E-state index contributed by atoms with van der Waals surface area (Å²) < 4.78 is 25.6. The van der Waals surface area contributed by atoms with Gasteiger partial charge in [-0.15, -0.1) is 0 Å². The van der Waals surface area contributed by atoms with Gasteiger partial charge in [0.1, 0.15) is 23.6 Å². The van der Waals surface area contributed by atoms with Crippen molar-refractivity contribution in [3.05, 3.63) is 83.3 Å². The van der Waals surface area contributed by atoms with Gasteiger partial charge in [0.25, 0.3) is 0 Å². The summed E-state index contributed by atoms with van der Waals surface area (Å²) in [5.74, 6) is 0.786. The van der Waals surface area contributed by atoms with Crippen molar-refractivity contribution in [1.29, 1.82) is 0 Å². The SMILES string of the molecule is COc1ccc(CN2Cc3nc4c(-c5c(F)cccc5OC)cccc4c(N)c3C2C=O)cc1. The van der Waals surface area contributed by atoms with Crippen molar-refractivity contribution >= 4 is 22.9 Å². The number of hydrogen-bond acceptors (Lipinski definition) is 6. The predicted molar refractivity (Wildman–Crippen MR) is 129 cm³/mol. The third kappa shape index (κ3) is 3.54. The lowest BCUT2D eigenvalue weighted by Gasteiger charge is -2.21. The molecule has 3 aromatic carbocycles. The summed E-state index contributed by atoms with van der Waals surface area (Å²) in [6.45, 7) is 1.00. The van der Waals surface area contributed by atoms with E-state index in [0.29, 0.717) is 52.1 Å². The third-order valence-electron chi connectivity index (χ3n) is 6.35. The number of nitrogens with zero attached hydrogens (tertiary/aromatic N) is 2. The van der Waals surface area contributed by atoms with Gasteiger partial charge in [-0.3, -0.25) is 9.88 Å². The van der Waals surface area contributed by atoms with Crippen LogP contribution < -0.4 is 15.2 Å². The lowest BCUT2D eigenvalue weighted by Crippen LogP contribution is -2.23. The van der Waals surface area contributed by atoms with Gasteiger partial charge in [0.2, 0.25) is 0 Å². The van der Waals surface area contributed by atoms with Crippen LogP contribution in [0.25, 0.3) is 22.0 Å². The highest BCUT2D eigenvalue weighted by Crippen LogP contribution is 2.43. The van der Waals surface area contributed by atoms with Crippen LogP contribution in [0.2, 0.25) is 0 Å². The Morgan fingerprint density at radius 3 is 2.56 bits per heavy atom. The number of methoxy groups -OCH3 is 2. The highest BCUT2D eigenvalue weighted by molar-refractivity contribution is 6.02. The van der Waals surface area contributed by atoms with Gasteiger partial charge in [-0.2, -0.15) is 0 Å². The normalized spacial score (nSPS) is 15.3. The zero-order valence-electron chi connectivity index (χ0n) is 18.9. The average Bonchev–Trinajstić information content (AvgIpc) is 3.21. The van der Waals surface area contributed by atoms with Crippen LogP contribution in [0.1, 0.15) is 22.9 Å². The number of carbonyl (C=O) groups is 1. The molecule has 2 N–H and O–H groups in total. The molecule has 0 aliphatic carbocycles. The molecule has 7 heteroatoms. The van der Waals surface area contributed by atoms with Crippen molar-refractivity contribution in [2.45, 2.75) is 19.1 Å². The topological polar surface area (TPSA) is 77.7 Å². The maximum absolute atomic E-state index is 14.9. The van der Waals surface area contributed by atoms with Crippen LogP contribution in [0.15, 0.2) is 60.7 Å². The Morgan fingerprint density at radius 1 is 1.09 bits per heavy atom. The first-order valence-electron chi connectivity index (χ1n) is 10.9. The first-order valence-corrected chi connectivity index (χ1v) is 10.9. The van der Waals surface area contributed by atoms with E-state index in [4.69, 9.17) is 20.2 Å². The maximum Gasteiger partial charge on any atom is 0.141 e. The summed E-state index contributed by atoms with van der Waals surface area (Å²) in [6, 6.07) is 17.4. The number of rotatable bonds is 6. The van der Waals surface area contributed by atoms with Crippen molar-refractivity contribution in [3.63, 3.8) is 0 Å². The van der Waals surface area contributed by atoms with Crippen molar-refractivity contribution in [3.8, 4) is 22.6 Å². The standard InChI is InChI=1S/C27H24FN3O3/c1-33-17-11-9-16(10-12-17)13-31-14-21-25(22(31)15-32)26(29)19-6-3-5-18(27(19)30-21)24-20(28)7-4-8-23(24)34-2/h3-12,15,22H,13-14H2,1-2H3,(H2,29,30). The van der Waals surface area contributed by atoms with Gasteiger partial charge in [0.05, 0.1) is 37.0 Å². The number of anilines is 1. The molecule has 0 bridgehead atoms. The fourth-order valence-corrected chi connectivity index (χ4v) is 4.71. The molecule has 34 heavy (non-hydrogen) atoms. The van der Waals surface area contributed by atoms with E-state index in [2.05, 4.69) is 0 Å². The number of pyridine rings is 1. The first kappa shape index (κ1) is 21.9. The van der Waals surface area contributed by atoms with E-state index in [1.54, 1.807) is 19.2 Å². The average molecular weight is 458 g/mol. The van der Waals surface area contributed by atoms with Gasteiger partial charge in [-0.1, -0.05) is 36.4 Å². The quantitative estimate of drug-likeness (QED) is 0.415. The van der Waals surface area contributed by atoms with E-state index in [9.17, 15) is 9.18 Å². The number of nitrogen functional groups attached to an aromatic ring is 1. The summed E-state index contributed by atoms with van der Waals surface area (Å²) in [4.78, 5) is 19.1. The first-order chi connectivity index (χ1) is 16.5. The van der Waals surface area contributed by atoms with Crippen LogP contribution >= 0.6 is 0 Å². The molecule has 0 fully saturated rings. The van der Waals surface area contributed by atoms with Gasteiger partial charge in [0.15, 0.2) is 0 Å². The minimum Gasteiger partial charge on any atom is -0.497 e. The van der Waals surface area contributed by atoms with E-state index in [1.807, 2.05) is 47.4 Å². The zero-order valence-corrected chi connectivity index (χ0v) is 18.9. The van der Waals surface area contributed by atoms with Crippen LogP contribution in [0.5, 0.6) is 11.5 Å². The second kappa shape index (κ2) is 8.76. The number of fused-ring (bicyclic) bond motifs is 2. The van der Waals surface area contributed by atoms with Crippen molar-refractivity contribution in [1.82, 2.24) is 9.88 Å². The van der Waals surface area contributed by atoms with E-state index < -0.39 is 11.9 Å². The number of hydrogen-bond donors (Lipinski definition) is 1. The van der Waals surface area contributed by atoms with Crippen LogP contribution in [0, 0.1) is 5.82 Å². The van der Waals surface area contributed by atoms with Gasteiger partial charge < -0.3 is 20.0 Å². The highest BCUT2D eigenvalue weighted by atomic mass is 19.1. The zero-order chi connectivity index (χ0) is 23.8. The molecule has 1 aliphatic rings. The summed E-state index contributed by atoms with van der Waals surface area (Å²) in [7, 11) is 3.13. The maximum atomic E-state index is 14.9. The van der Waals surface area contributed by atoms with Crippen molar-refractivity contribution in [2.24, 2.45) is 0 Å². The fourth-order valence-electron chi connectivity index (χ4n) is 4.71. The molecule has 0 spiro atoms. The minimum atomic E-state index is -0.513. The number of carbonyl (C=O) groups excluding carboxylic acids is 1. The molecule has 6 nitrogen and oxygen atoms in total. The molecule has 1 unspecified atom stereocenters. The smallest absolute Gasteiger partial charge is 0.141 e. The lowest BCUT2D eigenvalue weighted by atomic mass is 9.97. The largest absolute Gasteiger partial charge is 0.497 e. The molecule has 0 saturated heterocycles. The molecule has 1 aromatic heterocycles. The minimum absolute atomic E-state index is 0.336. The predicted octanol–water partition coefficient (Wildman–Crippen LogP) is 4.90. The molecule has 5 rings (SSSR count). The number of ether oxygens (including phenoxy) is 2. The summed E-state index contributed by atoms with van der Waals surface area (Å²) in [5, 5.41) is 0.680. The van der Waals surface area contributed by atoms with Crippen LogP contribution in [-0.2, 0) is 17.9 Å². The Morgan fingerprint density at radius 2 is 1.85 bits per heavy atom. The number of para-hydroxylation sites is 1. The number of halogens is 1. The van der Waals surface area contributed by atoms with Crippen molar-refractivity contribution < 1.29 is 18.7 Å². The second-order valence-corrected chi connectivity index (χ2v) is 8.24. The van der Waals surface area contributed by atoms with Crippen molar-refractivity contribution in [2.75, 3.05) is 20.0 Å². The molecule has 0 amide bonds. The highest BCUT2D eigenvalue weighted by Gasteiger charge is 2.34. The Hall–Kier alpha value is -3.97. The molecule has 0 radical (unpaired) electrons. The van der Waals surface area contributed by atoms with Gasteiger partial charge in [-0.05, 0) is 29.8 Å². The Labute approximate surface area is 196 Å². The number of nitrogens with two attached hydrogens (primary N) is 1. The third-order valence-corrected chi connectivity index (χ3v) is 6.35. The second-order valence-electron chi connectivity index (χ2n) is 8.24. The van der Waals surface area contributed by atoms with Crippen LogP contribution in [0.4, 0.5) is 10.1 Å². The molecule has 1 aliphatic heterocycles. The summed E-state index contributed by atoms with van der Waals surface area (Å²) in [6.07, 6.45) is 0.906. The molecule has 4 aromatic rings. The van der Waals surface area contributed by atoms with E-state index in [0.717, 1.165) is 23.3 Å². The Balaban J connectivity index is 1.61. The molecule has 0 saturated carbocycles. The van der Waals surface area contributed by atoms with E-state index >= 15 is 0 Å². The van der Waals surface area contributed by atoms with Crippen LogP contribution in [-0.4, -0.2) is 30.4 Å². The molecule has 2 heterocycles. The molecular formula is C27H24FN3O3. The van der Waals surface area contributed by atoms with E-state index in [1.165, 1.54) is 13.2 Å². The number of aldehydes is 1. The monoisotopic (exact) mass is 457 g/mol. The van der Waals surface area contributed by atoms with Gasteiger partial charge in [-0.25, -0.2) is 4.39 Å². The van der Waals surface area contributed by atoms with E-state index in [-0.39, 0.29) is 0 Å². The summed E-state index contributed by atoms with van der Waals surface area (Å²) in [5.41, 5.74) is 11.1. The lowest BCUT2D eigenvalue weighted by molar-refractivity contribution is -0.112. The fraction of sp³-hybridized carbons (Fsp3) is 0.185. The number of aromatic nitrogens is 1.